The molecule has 124 valence electrons. The van der Waals surface area contributed by atoms with E-state index in [2.05, 4.69) is 31.0 Å². The van der Waals surface area contributed by atoms with Gasteiger partial charge in [0, 0.05) is 20.0 Å². The zero-order valence-corrected chi connectivity index (χ0v) is 14.5. The highest BCUT2D eigenvalue weighted by Crippen LogP contribution is 2.44. The molecule has 0 saturated heterocycles. The molecule has 23 heavy (non-hydrogen) atoms. The van der Waals surface area contributed by atoms with Crippen LogP contribution in [0.5, 0.6) is 0 Å². The van der Waals surface area contributed by atoms with Gasteiger partial charge in [-0.1, -0.05) is 39.3 Å². The van der Waals surface area contributed by atoms with Crippen molar-refractivity contribution in [2.24, 2.45) is 5.92 Å². The van der Waals surface area contributed by atoms with Gasteiger partial charge in [-0.2, -0.15) is 0 Å². The van der Waals surface area contributed by atoms with Crippen molar-refractivity contribution in [1.29, 1.82) is 0 Å². The van der Waals surface area contributed by atoms with Gasteiger partial charge in [0.15, 0.2) is 0 Å². The van der Waals surface area contributed by atoms with E-state index in [1.165, 1.54) is 11.1 Å². The molecule has 3 nitrogen and oxygen atoms in total. The van der Waals surface area contributed by atoms with E-state index in [1.54, 1.807) is 0 Å². The van der Waals surface area contributed by atoms with Gasteiger partial charge in [-0.3, -0.25) is 0 Å². The van der Waals surface area contributed by atoms with Crippen LogP contribution in [-0.2, 0) is 28.0 Å². The van der Waals surface area contributed by atoms with E-state index in [1.807, 2.05) is 13.8 Å². The van der Waals surface area contributed by atoms with Gasteiger partial charge in [-0.25, -0.2) is 0 Å². The molecule has 3 rings (SSSR count). The average Bonchev–Trinajstić information content (AvgIpc) is 2.96. The van der Waals surface area contributed by atoms with E-state index in [0.717, 1.165) is 41.4 Å². The predicted molar refractivity (Wildman–Crippen MR) is 93.9 cm³/mol. The normalized spacial score (nSPS) is 22.8. The molecule has 0 bridgehead atoms. The number of benzene rings is 1. The molecule has 0 radical (unpaired) electrons. The van der Waals surface area contributed by atoms with Gasteiger partial charge < -0.3 is 14.5 Å². The fourth-order valence-corrected chi connectivity index (χ4v) is 3.84. The highest BCUT2D eigenvalue weighted by atomic mass is 16.5. The molecule has 1 aliphatic heterocycles. The first-order valence-electron chi connectivity index (χ1n) is 9.54. The van der Waals surface area contributed by atoms with Gasteiger partial charge in [-0.05, 0) is 42.4 Å². The summed E-state index contributed by atoms with van der Waals surface area (Å²) in [5.41, 5.74) is 4.14. The second-order valence-corrected chi connectivity index (χ2v) is 6.76. The van der Waals surface area contributed by atoms with E-state index in [-0.39, 0.29) is 5.92 Å². The van der Waals surface area contributed by atoms with Crippen LogP contribution < -0.4 is 0 Å². The van der Waals surface area contributed by atoms with Gasteiger partial charge >= 0.3 is 0 Å². The average molecular weight is 315 g/mol. The Balaban J connectivity index is 2.36. The standard InChI is InChI=1S/C20H27NO2/c1-5-6-15-14(4)7-8-16-17-9-12-23-20(10-11-22,13(2)3)19(17)21-18(15)16/h7-8,11,13,21H,5-6,9-10,12H2,1-4H3/t20-/m0/s1/i10D2. The van der Waals surface area contributed by atoms with Gasteiger partial charge in [0.25, 0.3) is 0 Å². The molecule has 1 aromatic heterocycles. The summed E-state index contributed by atoms with van der Waals surface area (Å²) in [5, 5.41) is 1.14. The van der Waals surface area contributed by atoms with Crippen molar-refractivity contribution in [1.82, 2.24) is 4.98 Å². The molecule has 3 heteroatoms. The Morgan fingerprint density at radius 1 is 1.48 bits per heavy atom. The molecule has 2 heterocycles. The number of carbonyl (C=O) groups is 1. The minimum absolute atomic E-state index is 0.185. The van der Waals surface area contributed by atoms with Crippen LogP contribution in [0.25, 0.3) is 10.9 Å². The van der Waals surface area contributed by atoms with Gasteiger partial charge in [0.2, 0.25) is 0 Å². The molecule has 1 atom stereocenters. The number of aryl methyl sites for hydroxylation is 2. The molecule has 0 aliphatic carbocycles. The minimum Gasteiger partial charge on any atom is -0.368 e. The van der Waals surface area contributed by atoms with Crippen molar-refractivity contribution in [3.63, 3.8) is 0 Å². The number of rotatable bonds is 5. The number of nitrogens with one attached hydrogen (secondary N) is 1. The zero-order chi connectivity index (χ0) is 18.4. The Kier molecular flexibility index (Phi) is 3.67. The molecule has 2 aromatic rings. The Labute approximate surface area is 141 Å². The quantitative estimate of drug-likeness (QED) is 0.829. The molecular formula is C20H27NO2. The van der Waals surface area contributed by atoms with Crippen LogP contribution in [0.15, 0.2) is 12.1 Å². The predicted octanol–water partition coefficient (Wildman–Crippen LogP) is 4.44. The van der Waals surface area contributed by atoms with E-state index >= 15 is 0 Å². The molecule has 1 aliphatic rings. The first kappa shape index (κ1) is 13.8. The number of aldehydes is 1. The number of carbonyl (C=O) groups excluding carboxylic acids is 1. The van der Waals surface area contributed by atoms with Gasteiger partial charge in [0.05, 0.1) is 12.3 Å². The maximum atomic E-state index is 11.6. The fourth-order valence-electron chi connectivity index (χ4n) is 3.84. The number of fused-ring (bicyclic) bond motifs is 3. The lowest BCUT2D eigenvalue weighted by Crippen LogP contribution is -2.40. The van der Waals surface area contributed by atoms with Crippen LogP contribution in [0, 0.1) is 12.8 Å². The summed E-state index contributed by atoms with van der Waals surface area (Å²) in [7, 11) is 0. The second-order valence-electron chi connectivity index (χ2n) is 6.76. The number of hydrogen-bond donors (Lipinski definition) is 1. The lowest BCUT2D eigenvalue weighted by molar-refractivity contribution is -0.127. The molecule has 0 spiro atoms. The molecule has 0 unspecified atom stereocenters. The molecule has 1 aromatic carbocycles. The van der Waals surface area contributed by atoms with Crippen LogP contribution in [0.2, 0.25) is 0 Å². The summed E-state index contributed by atoms with van der Waals surface area (Å²) < 4.78 is 22.8. The zero-order valence-electron chi connectivity index (χ0n) is 16.5. The third kappa shape index (κ3) is 2.42. The number of aromatic amines is 1. The third-order valence-electron chi connectivity index (χ3n) is 5.06. The van der Waals surface area contributed by atoms with Crippen molar-refractivity contribution < 1.29 is 12.3 Å². The number of aromatic nitrogens is 1. The summed E-state index contributed by atoms with van der Waals surface area (Å²) in [6, 6.07) is 4.26. The Bertz CT molecular complexity index is 810. The van der Waals surface area contributed by atoms with Crippen molar-refractivity contribution in [2.45, 2.75) is 58.9 Å². The van der Waals surface area contributed by atoms with Gasteiger partial charge in [0.1, 0.15) is 11.9 Å². The van der Waals surface area contributed by atoms with Crippen LogP contribution >= 0.6 is 0 Å². The Morgan fingerprint density at radius 2 is 2.26 bits per heavy atom. The third-order valence-corrected chi connectivity index (χ3v) is 5.06. The monoisotopic (exact) mass is 315 g/mol. The van der Waals surface area contributed by atoms with Crippen molar-refractivity contribution in [3.05, 3.63) is 34.5 Å². The molecule has 0 amide bonds. The second kappa shape index (κ2) is 6.12. The first-order chi connectivity index (χ1) is 11.8. The number of hydrogen-bond acceptors (Lipinski definition) is 2. The van der Waals surface area contributed by atoms with Gasteiger partial charge in [-0.15, -0.1) is 0 Å². The Morgan fingerprint density at radius 3 is 2.91 bits per heavy atom. The minimum atomic E-state index is -2.10. The topological polar surface area (TPSA) is 42.1 Å². The molecule has 1 N–H and O–H groups in total. The summed E-state index contributed by atoms with van der Waals surface area (Å²) in [6.45, 7) is 8.53. The highest BCUT2D eigenvalue weighted by Gasteiger charge is 2.42. The lowest BCUT2D eigenvalue weighted by Gasteiger charge is -2.39. The van der Waals surface area contributed by atoms with Crippen LogP contribution in [0.1, 0.15) is 58.7 Å². The maximum Gasteiger partial charge on any atom is 0.123 e. The molecule has 0 saturated carbocycles. The van der Waals surface area contributed by atoms with E-state index in [9.17, 15) is 4.79 Å². The first-order valence-corrected chi connectivity index (χ1v) is 8.54. The van der Waals surface area contributed by atoms with E-state index < -0.39 is 12.0 Å². The summed E-state index contributed by atoms with van der Waals surface area (Å²) in [6.07, 6.45) is 1.04. The SMILES string of the molecule is [2H]C([2H])(C=O)[C@@]1(C(C)C)OCCc2c1[nH]c1c(CCC)c(C)ccc21. The summed E-state index contributed by atoms with van der Waals surface area (Å²) in [5.74, 6) is -0.185. The molecular weight excluding hydrogens is 286 g/mol. The Hall–Kier alpha value is -1.61. The lowest BCUT2D eigenvalue weighted by atomic mass is 9.80. The summed E-state index contributed by atoms with van der Waals surface area (Å²) in [4.78, 5) is 15.1. The summed E-state index contributed by atoms with van der Waals surface area (Å²) >= 11 is 0. The number of ether oxygens (including phenoxy) is 1. The van der Waals surface area contributed by atoms with Crippen LogP contribution in [0.4, 0.5) is 0 Å². The van der Waals surface area contributed by atoms with Crippen molar-refractivity contribution in [2.75, 3.05) is 6.61 Å². The van der Waals surface area contributed by atoms with Crippen molar-refractivity contribution in [3.8, 4) is 0 Å². The van der Waals surface area contributed by atoms with Crippen LogP contribution in [0.3, 0.4) is 0 Å². The maximum absolute atomic E-state index is 11.6. The fraction of sp³-hybridized carbons (Fsp3) is 0.550. The van der Waals surface area contributed by atoms with E-state index in [0.29, 0.717) is 12.9 Å². The number of H-pyrrole nitrogens is 1. The smallest absolute Gasteiger partial charge is 0.123 e. The molecule has 0 fully saturated rings. The van der Waals surface area contributed by atoms with E-state index in [4.69, 9.17) is 7.48 Å². The van der Waals surface area contributed by atoms with Crippen molar-refractivity contribution >= 4 is 17.2 Å². The highest BCUT2D eigenvalue weighted by molar-refractivity contribution is 5.89. The van der Waals surface area contributed by atoms with Crippen LogP contribution in [-0.4, -0.2) is 17.9 Å². The largest absolute Gasteiger partial charge is 0.368 e.